The van der Waals surface area contributed by atoms with Gasteiger partial charge in [-0.2, -0.15) is 0 Å². The number of carbonyl (C=O) groups excluding carboxylic acids is 1. The van der Waals surface area contributed by atoms with Crippen LogP contribution in [0.5, 0.6) is 0 Å². The summed E-state index contributed by atoms with van der Waals surface area (Å²) in [7, 11) is 1.43. The van der Waals surface area contributed by atoms with E-state index in [0.717, 1.165) is 6.42 Å². The number of methoxy groups -OCH3 is 1. The second-order valence-electron chi connectivity index (χ2n) is 3.25. The highest BCUT2D eigenvalue weighted by Crippen LogP contribution is 2.47. The van der Waals surface area contributed by atoms with Gasteiger partial charge < -0.3 is 4.74 Å². The van der Waals surface area contributed by atoms with Crippen LogP contribution in [-0.2, 0) is 9.53 Å². The van der Waals surface area contributed by atoms with Crippen LogP contribution in [0.3, 0.4) is 0 Å². The lowest BCUT2D eigenvalue weighted by Crippen LogP contribution is -2.03. The first kappa shape index (κ1) is 8.23. The molecule has 1 aliphatic rings. The molecular formula is C10H11NO2. The number of esters is 1. The van der Waals surface area contributed by atoms with Crippen molar-refractivity contribution < 1.29 is 9.53 Å². The molecule has 0 saturated heterocycles. The van der Waals surface area contributed by atoms with E-state index in [0.29, 0.717) is 5.92 Å². The minimum atomic E-state index is -0.0955. The van der Waals surface area contributed by atoms with Crippen LogP contribution in [0.4, 0.5) is 0 Å². The lowest BCUT2D eigenvalue weighted by molar-refractivity contribution is -0.142. The summed E-state index contributed by atoms with van der Waals surface area (Å²) in [5.74, 6) is 0.338. The van der Waals surface area contributed by atoms with Gasteiger partial charge in [0.05, 0.1) is 13.0 Å². The van der Waals surface area contributed by atoms with Crippen LogP contribution in [0.1, 0.15) is 17.9 Å². The van der Waals surface area contributed by atoms with Crippen molar-refractivity contribution in [3.63, 3.8) is 0 Å². The predicted octanol–water partition coefficient (Wildman–Crippen LogP) is 1.36. The second-order valence-corrected chi connectivity index (χ2v) is 3.25. The maximum absolute atomic E-state index is 11.1. The molecule has 13 heavy (non-hydrogen) atoms. The highest BCUT2D eigenvalue weighted by molar-refractivity contribution is 5.77. The van der Waals surface area contributed by atoms with E-state index in [1.807, 2.05) is 12.1 Å². The molecule has 0 radical (unpaired) electrons. The second kappa shape index (κ2) is 3.17. The number of pyridine rings is 1. The average molecular weight is 177 g/mol. The normalized spacial score (nSPS) is 25.3. The third-order valence-electron chi connectivity index (χ3n) is 2.43. The van der Waals surface area contributed by atoms with E-state index in [1.165, 1.54) is 12.7 Å². The van der Waals surface area contributed by atoms with Gasteiger partial charge in [-0.1, -0.05) is 0 Å². The minimum absolute atomic E-state index is 0.0763. The van der Waals surface area contributed by atoms with Crippen molar-refractivity contribution in [1.82, 2.24) is 4.98 Å². The third kappa shape index (κ3) is 1.54. The summed E-state index contributed by atoms with van der Waals surface area (Å²) < 4.78 is 4.67. The highest BCUT2D eigenvalue weighted by Gasteiger charge is 2.44. The molecule has 1 fully saturated rings. The Morgan fingerprint density at radius 1 is 1.54 bits per heavy atom. The van der Waals surface area contributed by atoms with Crippen LogP contribution < -0.4 is 0 Å². The summed E-state index contributed by atoms with van der Waals surface area (Å²) in [5.41, 5.74) is 1.19. The minimum Gasteiger partial charge on any atom is -0.469 e. The molecule has 2 unspecified atom stereocenters. The summed E-state index contributed by atoms with van der Waals surface area (Å²) in [6, 6.07) is 3.90. The van der Waals surface area contributed by atoms with Crippen molar-refractivity contribution in [1.29, 1.82) is 0 Å². The molecule has 3 heteroatoms. The molecule has 0 aromatic carbocycles. The number of ether oxygens (including phenoxy) is 1. The molecule has 0 amide bonds. The number of aromatic nitrogens is 1. The molecule has 1 aliphatic carbocycles. The van der Waals surface area contributed by atoms with Gasteiger partial charge in [0.1, 0.15) is 0 Å². The number of hydrogen-bond acceptors (Lipinski definition) is 3. The van der Waals surface area contributed by atoms with Crippen molar-refractivity contribution in [2.24, 2.45) is 5.92 Å². The molecule has 1 aromatic heterocycles. The van der Waals surface area contributed by atoms with Gasteiger partial charge in [-0.05, 0) is 30.0 Å². The molecular weight excluding hydrogens is 166 g/mol. The molecule has 0 bridgehead atoms. The van der Waals surface area contributed by atoms with Crippen LogP contribution in [0, 0.1) is 5.92 Å². The summed E-state index contributed by atoms with van der Waals surface area (Å²) >= 11 is 0. The van der Waals surface area contributed by atoms with Crippen molar-refractivity contribution >= 4 is 5.97 Å². The van der Waals surface area contributed by atoms with Crippen LogP contribution in [0.15, 0.2) is 24.5 Å². The molecule has 68 valence electrons. The van der Waals surface area contributed by atoms with Crippen LogP contribution in [0.2, 0.25) is 0 Å². The average Bonchev–Trinajstić information content (AvgIpc) is 2.98. The Labute approximate surface area is 76.7 Å². The van der Waals surface area contributed by atoms with E-state index in [1.54, 1.807) is 12.4 Å². The molecule has 0 aliphatic heterocycles. The van der Waals surface area contributed by atoms with Gasteiger partial charge in [-0.25, -0.2) is 0 Å². The zero-order valence-corrected chi connectivity index (χ0v) is 7.43. The van der Waals surface area contributed by atoms with Gasteiger partial charge in [0.2, 0.25) is 0 Å². The van der Waals surface area contributed by atoms with Gasteiger partial charge >= 0.3 is 5.97 Å². The van der Waals surface area contributed by atoms with Gasteiger partial charge in [-0.3, -0.25) is 9.78 Å². The lowest BCUT2D eigenvalue weighted by Gasteiger charge is -1.97. The summed E-state index contributed by atoms with van der Waals surface area (Å²) in [4.78, 5) is 15.0. The van der Waals surface area contributed by atoms with Crippen LogP contribution >= 0.6 is 0 Å². The monoisotopic (exact) mass is 177 g/mol. The molecule has 2 rings (SSSR count). The number of carbonyl (C=O) groups is 1. The zero-order chi connectivity index (χ0) is 9.26. The molecule has 1 aromatic rings. The fraction of sp³-hybridized carbons (Fsp3) is 0.400. The van der Waals surface area contributed by atoms with Crippen LogP contribution in [-0.4, -0.2) is 18.1 Å². The molecule has 0 spiro atoms. The Balaban J connectivity index is 2.04. The molecule has 2 atom stereocenters. The van der Waals surface area contributed by atoms with Gasteiger partial charge in [0, 0.05) is 12.4 Å². The maximum Gasteiger partial charge on any atom is 0.309 e. The fourth-order valence-electron chi connectivity index (χ4n) is 1.59. The Hall–Kier alpha value is -1.38. The van der Waals surface area contributed by atoms with E-state index >= 15 is 0 Å². The summed E-state index contributed by atoms with van der Waals surface area (Å²) in [6.07, 6.45) is 4.42. The first-order valence-electron chi connectivity index (χ1n) is 4.30. The van der Waals surface area contributed by atoms with Crippen LogP contribution in [0.25, 0.3) is 0 Å². The Bertz CT molecular complexity index is 310. The highest BCUT2D eigenvalue weighted by atomic mass is 16.5. The van der Waals surface area contributed by atoms with Crippen molar-refractivity contribution in [2.75, 3.05) is 7.11 Å². The topological polar surface area (TPSA) is 39.2 Å². The predicted molar refractivity (Wildman–Crippen MR) is 47.1 cm³/mol. The van der Waals surface area contributed by atoms with Gasteiger partial charge in [0.15, 0.2) is 0 Å². The van der Waals surface area contributed by atoms with Crippen molar-refractivity contribution in [2.45, 2.75) is 12.3 Å². The Kier molecular flexibility index (Phi) is 2.00. The van der Waals surface area contributed by atoms with Crippen molar-refractivity contribution in [3.8, 4) is 0 Å². The fourth-order valence-corrected chi connectivity index (χ4v) is 1.59. The van der Waals surface area contributed by atoms with Gasteiger partial charge in [-0.15, -0.1) is 0 Å². The Morgan fingerprint density at radius 2 is 2.23 bits per heavy atom. The molecule has 1 heterocycles. The smallest absolute Gasteiger partial charge is 0.309 e. The first-order valence-corrected chi connectivity index (χ1v) is 4.30. The standard InChI is InChI=1S/C10H11NO2/c1-13-10(12)9-6-8(9)7-2-4-11-5-3-7/h2-5,8-9H,6H2,1H3. The largest absolute Gasteiger partial charge is 0.469 e. The number of hydrogen-bond donors (Lipinski definition) is 0. The Morgan fingerprint density at radius 3 is 2.85 bits per heavy atom. The molecule has 3 nitrogen and oxygen atoms in total. The third-order valence-corrected chi connectivity index (χ3v) is 2.43. The zero-order valence-electron chi connectivity index (χ0n) is 7.43. The van der Waals surface area contributed by atoms with E-state index in [9.17, 15) is 4.79 Å². The van der Waals surface area contributed by atoms with E-state index < -0.39 is 0 Å². The summed E-state index contributed by atoms with van der Waals surface area (Å²) in [5, 5.41) is 0. The number of rotatable bonds is 2. The lowest BCUT2D eigenvalue weighted by atomic mass is 10.1. The van der Waals surface area contributed by atoms with Gasteiger partial charge in [0.25, 0.3) is 0 Å². The molecule has 0 N–H and O–H groups in total. The van der Waals surface area contributed by atoms with Crippen molar-refractivity contribution in [3.05, 3.63) is 30.1 Å². The number of nitrogens with zero attached hydrogens (tertiary/aromatic N) is 1. The first-order chi connectivity index (χ1) is 6.33. The summed E-state index contributed by atoms with van der Waals surface area (Å²) in [6.45, 7) is 0. The van der Waals surface area contributed by atoms with E-state index in [4.69, 9.17) is 0 Å². The molecule has 1 saturated carbocycles. The SMILES string of the molecule is COC(=O)C1CC1c1ccncc1. The maximum atomic E-state index is 11.1. The van der Waals surface area contributed by atoms with E-state index in [2.05, 4.69) is 9.72 Å². The van der Waals surface area contributed by atoms with E-state index in [-0.39, 0.29) is 11.9 Å². The quantitative estimate of drug-likeness (QED) is 0.640.